The van der Waals surface area contributed by atoms with Crippen molar-refractivity contribution >= 4 is 17.4 Å². The third-order valence-corrected chi connectivity index (χ3v) is 6.27. The molecule has 1 aromatic carbocycles. The Balaban J connectivity index is 1.49. The number of anilines is 1. The van der Waals surface area contributed by atoms with Gasteiger partial charge in [0.1, 0.15) is 11.6 Å². The van der Waals surface area contributed by atoms with Crippen molar-refractivity contribution in [3.8, 4) is 5.75 Å². The summed E-state index contributed by atoms with van der Waals surface area (Å²) in [5, 5.41) is 15.0. The van der Waals surface area contributed by atoms with E-state index in [2.05, 4.69) is 11.8 Å². The average Bonchev–Trinajstić information content (AvgIpc) is 3.42. The number of hydrogen-bond donors (Lipinski definition) is 1. The van der Waals surface area contributed by atoms with Crippen LogP contribution >= 0.6 is 0 Å². The second kappa shape index (κ2) is 7.63. The minimum atomic E-state index is -0.142. The first-order valence-corrected chi connectivity index (χ1v) is 10.8. The zero-order valence-electron chi connectivity index (χ0n) is 17.3. The van der Waals surface area contributed by atoms with Crippen molar-refractivity contribution in [1.82, 2.24) is 19.5 Å². The van der Waals surface area contributed by atoms with Crippen molar-refractivity contribution in [3.05, 3.63) is 53.3 Å². The Labute approximate surface area is 175 Å². The number of carbonyl (C=O) groups is 1. The molecular weight excluding hydrogens is 378 g/mol. The van der Waals surface area contributed by atoms with E-state index < -0.39 is 0 Å². The van der Waals surface area contributed by atoms with Crippen LogP contribution in [0.25, 0.3) is 5.65 Å². The van der Waals surface area contributed by atoms with Crippen molar-refractivity contribution in [2.75, 3.05) is 24.5 Å². The summed E-state index contributed by atoms with van der Waals surface area (Å²) in [6.07, 6.45) is 7.33. The number of aryl methyl sites for hydroxylation is 1. The van der Waals surface area contributed by atoms with Gasteiger partial charge in [0.05, 0.1) is 17.3 Å². The van der Waals surface area contributed by atoms with Gasteiger partial charge in [-0.05, 0) is 51.2 Å². The highest BCUT2D eigenvalue weighted by Crippen LogP contribution is 2.33. The molecule has 7 nitrogen and oxygen atoms in total. The van der Waals surface area contributed by atoms with Gasteiger partial charge in [0.25, 0.3) is 5.91 Å². The Hall–Kier alpha value is -3.09. The third-order valence-electron chi connectivity index (χ3n) is 6.27. The van der Waals surface area contributed by atoms with Gasteiger partial charge in [0, 0.05) is 37.5 Å². The van der Waals surface area contributed by atoms with E-state index >= 15 is 0 Å². The second-order valence-corrected chi connectivity index (χ2v) is 8.34. The average molecular weight is 406 g/mol. The number of phenols is 1. The summed E-state index contributed by atoms with van der Waals surface area (Å²) in [6.45, 7) is 4.85. The summed E-state index contributed by atoms with van der Waals surface area (Å²) in [6, 6.07) is 8.66. The molecule has 7 heteroatoms. The fourth-order valence-electron chi connectivity index (χ4n) is 4.72. The van der Waals surface area contributed by atoms with Crippen LogP contribution in [-0.2, 0) is 0 Å². The smallest absolute Gasteiger partial charge is 0.258 e. The van der Waals surface area contributed by atoms with Crippen molar-refractivity contribution in [2.45, 2.75) is 45.1 Å². The maximum atomic E-state index is 13.2. The highest BCUT2D eigenvalue weighted by Gasteiger charge is 2.32. The molecule has 0 aliphatic carbocycles. The first kappa shape index (κ1) is 18.9. The van der Waals surface area contributed by atoms with Crippen molar-refractivity contribution in [1.29, 1.82) is 0 Å². The number of phenolic OH excluding ortho intramolecular Hbond substituents is 1. The topological polar surface area (TPSA) is 74.0 Å². The van der Waals surface area contributed by atoms with Crippen LogP contribution in [0.5, 0.6) is 5.75 Å². The number of rotatable bonds is 3. The number of para-hydroxylation sites is 1. The minimum Gasteiger partial charge on any atom is -0.507 e. The first-order valence-electron chi connectivity index (χ1n) is 10.8. The van der Waals surface area contributed by atoms with Crippen LogP contribution in [0, 0.1) is 6.92 Å². The molecule has 0 bridgehead atoms. The molecule has 1 amide bonds. The van der Waals surface area contributed by atoms with E-state index in [1.807, 2.05) is 21.7 Å². The molecule has 1 N–H and O–H groups in total. The van der Waals surface area contributed by atoms with Gasteiger partial charge in [-0.25, -0.2) is 9.50 Å². The molecule has 2 aliphatic heterocycles. The van der Waals surface area contributed by atoms with Gasteiger partial charge in [-0.1, -0.05) is 12.1 Å². The summed E-state index contributed by atoms with van der Waals surface area (Å²) < 4.78 is 1.83. The lowest BCUT2D eigenvalue weighted by atomic mass is 9.98. The maximum Gasteiger partial charge on any atom is 0.258 e. The quantitative estimate of drug-likeness (QED) is 0.719. The van der Waals surface area contributed by atoms with Gasteiger partial charge in [0.2, 0.25) is 0 Å². The lowest BCUT2D eigenvalue weighted by molar-refractivity contribution is 0.0602. The minimum absolute atomic E-state index is 0.0226. The van der Waals surface area contributed by atoms with Crippen molar-refractivity contribution < 1.29 is 9.90 Å². The van der Waals surface area contributed by atoms with E-state index in [-0.39, 0.29) is 17.7 Å². The number of carbonyl (C=O) groups excluding carboxylic acids is 1. The molecule has 0 saturated carbocycles. The molecule has 0 radical (unpaired) electrons. The molecule has 1 atom stereocenters. The SMILES string of the molecule is Cc1cn2nc(C3CCCCN3C(=O)c3ccccc3O)cc2nc1N1CCCC1. The largest absolute Gasteiger partial charge is 0.507 e. The highest BCUT2D eigenvalue weighted by molar-refractivity contribution is 5.97. The maximum absolute atomic E-state index is 13.2. The standard InChI is InChI=1S/C23H27N5O2/c1-16-15-28-21(24-22(16)26-11-6-7-12-26)14-18(25-28)19-9-4-5-13-27(19)23(30)17-8-2-3-10-20(17)29/h2-3,8,10,14-15,19,29H,4-7,9,11-13H2,1H3. The fourth-order valence-corrected chi connectivity index (χ4v) is 4.72. The molecule has 2 fully saturated rings. The number of amides is 1. The molecular formula is C23H27N5O2. The van der Waals surface area contributed by atoms with E-state index in [1.54, 1.807) is 24.3 Å². The Morgan fingerprint density at radius 3 is 2.67 bits per heavy atom. The summed E-state index contributed by atoms with van der Waals surface area (Å²) >= 11 is 0. The fraction of sp³-hybridized carbons (Fsp3) is 0.435. The Morgan fingerprint density at radius 2 is 1.87 bits per heavy atom. The number of nitrogens with zero attached hydrogens (tertiary/aromatic N) is 5. The van der Waals surface area contributed by atoms with Gasteiger partial charge in [-0.3, -0.25) is 4.79 Å². The van der Waals surface area contributed by atoms with E-state index in [4.69, 9.17) is 10.1 Å². The molecule has 2 aliphatic rings. The van der Waals surface area contributed by atoms with Gasteiger partial charge >= 0.3 is 0 Å². The lowest BCUT2D eigenvalue weighted by Gasteiger charge is -2.34. The summed E-state index contributed by atoms with van der Waals surface area (Å²) in [5.41, 5.74) is 3.14. The van der Waals surface area contributed by atoms with Crippen molar-refractivity contribution in [3.63, 3.8) is 0 Å². The highest BCUT2D eigenvalue weighted by atomic mass is 16.3. The number of benzene rings is 1. The molecule has 2 aromatic heterocycles. The zero-order valence-corrected chi connectivity index (χ0v) is 17.3. The molecule has 156 valence electrons. The van der Waals surface area contributed by atoms with Gasteiger partial charge < -0.3 is 14.9 Å². The predicted octanol–water partition coefficient (Wildman–Crippen LogP) is 3.71. The van der Waals surface area contributed by atoms with E-state index in [9.17, 15) is 9.90 Å². The van der Waals surface area contributed by atoms with Crippen LogP contribution < -0.4 is 4.90 Å². The van der Waals surface area contributed by atoms with Crippen molar-refractivity contribution in [2.24, 2.45) is 0 Å². The summed E-state index contributed by atoms with van der Waals surface area (Å²) in [4.78, 5) is 22.3. The van der Waals surface area contributed by atoms with E-state index in [1.165, 1.54) is 12.8 Å². The van der Waals surface area contributed by atoms with Crippen LogP contribution in [-0.4, -0.2) is 50.1 Å². The Morgan fingerprint density at radius 1 is 1.10 bits per heavy atom. The number of hydrogen-bond acceptors (Lipinski definition) is 5. The number of fused-ring (bicyclic) bond motifs is 1. The Bertz CT molecular complexity index is 1090. The van der Waals surface area contributed by atoms with Gasteiger partial charge in [-0.15, -0.1) is 0 Å². The van der Waals surface area contributed by atoms with Gasteiger partial charge in [0.15, 0.2) is 5.65 Å². The Kier molecular flexibility index (Phi) is 4.81. The second-order valence-electron chi connectivity index (χ2n) is 8.34. The number of aromatic hydroxyl groups is 1. The molecule has 4 heterocycles. The molecule has 5 rings (SSSR count). The van der Waals surface area contributed by atoms with Crippen LogP contribution in [0.1, 0.15) is 59.8 Å². The molecule has 2 saturated heterocycles. The molecule has 1 unspecified atom stereocenters. The third kappa shape index (κ3) is 3.28. The van der Waals surface area contributed by atoms with Crippen LogP contribution in [0.2, 0.25) is 0 Å². The number of piperidine rings is 1. The molecule has 30 heavy (non-hydrogen) atoms. The summed E-state index contributed by atoms with van der Waals surface area (Å²) in [7, 11) is 0. The molecule has 0 spiro atoms. The first-order chi connectivity index (χ1) is 14.6. The number of likely N-dealkylation sites (tertiary alicyclic amines) is 1. The van der Waals surface area contributed by atoms with Gasteiger partial charge in [-0.2, -0.15) is 5.10 Å². The van der Waals surface area contributed by atoms with E-state index in [0.717, 1.165) is 55.1 Å². The predicted molar refractivity (Wildman–Crippen MR) is 115 cm³/mol. The molecule has 3 aromatic rings. The van der Waals surface area contributed by atoms with Crippen LogP contribution in [0.4, 0.5) is 5.82 Å². The van der Waals surface area contributed by atoms with Crippen LogP contribution in [0.3, 0.4) is 0 Å². The summed E-state index contributed by atoms with van der Waals surface area (Å²) in [5.74, 6) is 0.920. The van der Waals surface area contributed by atoms with E-state index in [0.29, 0.717) is 12.1 Å². The zero-order chi connectivity index (χ0) is 20.7. The monoisotopic (exact) mass is 405 g/mol. The van der Waals surface area contributed by atoms with Crippen LogP contribution in [0.15, 0.2) is 36.5 Å². The lowest BCUT2D eigenvalue weighted by Crippen LogP contribution is -2.38. The normalized spacial score (nSPS) is 19.6. The number of aromatic nitrogens is 3.